The molecule has 0 amide bonds. The third-order valence-corrected chi connectivity index (χ3v) is 6.38. The minimum Gasteiger partial charge on any atom is -0.356 e. The van der Waals surface area contributed by atoms with Crippen molar-refractivity contribution >= 4 is 41.7 Å². The molecule has 2 saturated heterocycles. The van der Waals surface area contributed by atoms with Crippen LogP contribution < -0.4 is 10.6 Å². The third-order valence-electron chi connectivity index (χ3n) is 4.84. The van der Waals surface area contributed by atoms with Gasteiger partial charge in [-0.15, -0.1) is 24.0 Å². The van der Waals surface area contributed by atoms with E-state index in [1.54, 1.807) is 0 Å². The van der Waals surface area contributed by atoms with Gasteiger partial charge in [0, 0.05) is 31.4 Å². The predicted molar refractivity (Wildman–Crippen MR) is 114 cm³/mol. The number of thioether (sulfide) groups is 1. The zero-order chi connectivity index (χ0) is 15.8. The maximum Gasteiger partial charge on any atom is 0.191 e. The van der Waals surface area contributed by atoms with Crippen molar-refractivity contribution in [3.8, 4) is 0 Å². The molecule has 0 aromatic rings. The van der Waals surface area contributed by atoms with Gasteiger partial charge in [-0.25, -0.2) is 0 Å². The van der Waals surface area contributed by atoms with Crippen molar-refractivity contribution in [2.75, 3.05) is 45.5 Å². The summed E-state index contributed by atoms with van der Waals surface area (Å²) in [5.41, 5.74) is 0. The van der Waals surface area contributed by atoms with Gasteiger partial charge >= 0.3 is 0 Å². The molecule has 0 aromatic heterocycles. The van der Waals surface area contributed by atoms with E-state index in [-0.39, 0.29) is 24.0 Å². The molecule has 6 heteroatoms. The molecule has 0 bridgehead atoms. The second-order valence-corrected chi connectivity index (χ2v) is 8.84. The van der Waals surface area contributed by atoms with Crippen molar-refractivity contribution < 1.29 is 0 Å². The van der Waals surface area contributed by atoms with E-state index in [0.717, 1.165) is 25.0 Å². The van der Waals surface area contributed by atoms with Gasteiger partial charge in [-0.1, -0.05) is 6.92 Å². The van der Waals surface area contributed by atoms with E-state index in [1.807, 2.05) is 7.05 Å². The van der Waals surface area contributed by atoms with E-state index < -0.39 is 0 Å². The fourth-order valence-corrected chi connectivity index (χ4v) is 4.71. The largest absolute Gasteiger partial charge is 0.356 e. The van der Waals surface area contributed by atoms with Gasteiger partial charge in [0.05, 0.1) is 0 Å². The molecule has 2 atom stereocenters. The van der Waals surface area contributed by atoms with Crippen LogP contribution in [0.2, 0.25) is 0 Å². The van der Waals surface area contributed by atoms with Crippen LogP contribution in [0, 0.1) is 5.92 Å². The number of nitrogens with one attached hydrogen (secondary N) is 2. The lowest BCUT2D eigenvalue weighted by molar-refractivity contribution is 0.182. The van der Waals surface area contributed by atoms with Crippen LogP contribution in [0.5, 0.6) is 0 Å². The van der Waals surface area contributed by atoms with Gasteiger partial charge in [-0.3, -0.25) is 4.99 Å². The molecular formula is C17H35IN4S. The Balaban J connectivity index is 0.00000264. The average Bonchev–Trinajstić information content (AvgIpc) is 2.94. The van der Waals surface area contributed by atoms with E-state index >= 15 is 0 Å². The standard InChI is InChI=1S/C17H34N4S.HI/c1-15-7-4-10-21(13-15)11-6-9-19-16(18-3)20-14-17(2)8-5-12-22-17;/h15H,4-14H2,1-3H3,(H2,18,19,20);1H. The Morgan fingerprint density at radius 1 is 1.35 bits per heavy atom. The molecule has 2 aliphatic rings. The number of aliphatic imine (C=N–C) groups is 1. The number of guanidine groups is 1. The summed E-state index contributed by atoms with van der Waals surface area (Å²) in [6, 6.07) is 0. The summed E-state index contributed by atoms with van der Waals surface area (Å²) < 4.78 is 0.390. The van der Waals surface area contributed by atoms with Crippen molar-refractivity contribution in [3.05, 3.63) is 0 Å². The highest BCUT2D eigenvalue weighted by molar-refractivity contribution is 14.0. The summed E-state index contributed by atoms with van der Waals surface area (Å²) in [7, 11) is 1.87. The number of likely N-dealkylation sites (tertiary alicyclic amines) is 1. The zero-order valence-corrected chi connectivity index (χ0v) is 18.2. The molecule has 2 fully saturated rings. The highest BCUT2D eigenvalue weighted by Crippen LogP contribution is 2.36. The quantitative estimate of drug-likeness (QED) is 0.280. The molecule has 23 heavy (non-hydrogen) atoms. The second kappa shape index (κ2) is 11.0. The molecule has 0 aromatic carbocycles. The Morgan fingerprint density at radius 2 is 2.17 bits per heavy atom. The lowest BCUT2D eigenvalue weighted by Crippen LogP contribution is -2.44. The van der Waals surface area contributed by atoms with Crippen molar-refractivity contribution in [1.29, 1.82) is 0 Å². The van der Waals surface area contributed by atoms with Crippen LogP contribution in [0.1, 0.15) is 46.0 Å². The highest BCUT2D eigenvalue weighted by Gasteiger charge is 2.29. The molecule has 2 aliphatic heterocycles. The molecule has 2 rings (SSSR count). The number of piperidine rings is 1. The first kappa shape index (κ1) is 21.4. The van der Waals surface area contributed by atoms with Crippen LogP contribution in [0.15, 0.2) is 4.99 Å². The van der Waals surface area contributed by atoms with Crippen molar-refractivity contribution in [3.63, 3.8) is 0 Å². The number of hydrogen-bond donors (Lipinski definition) is 2. The molecule has 136 valence electrons. The van der Waals surface area contributed by atoms with Gasteiger partial charge in [-0.05, 0) is 63.8 Å². The summed E-state index contributed by atoms with van der Waals surface area (Å²) in [5.74, 6) is 3.14. The van der Waals surface area contributed by atoms with E-state index in [9.17, 15) is 0 Å². The average molecular weight is 454 g/mol. The van der Waals surface area contributed by atoms with Crippen LogP contribution in [0.25, 0.3) is 0 Å². The summed E-state index contributed by atoms with van der Waals surface area (Å²) in [4.78, 5) is 6.96. The molecule has 2 N–H and O–H groups in total. The Labute approximate surface area is 164 Å². The van der Waals surface area contributed by atoms with Crippen molar-refractivity contribution in [1.82, 2.24) is 15.5 Å². The molecule has 0 saturated carbocycles. The summed E-state index contributed by atoms with van der Waals surface area (Å²) >= 11 is 2.09. The topological polar surface area (TPSA) is 39.7 Å². The van der Waals surface area contributed by atoms with Crippen molar-refractivity contribution in [2.24, 2.45) is 10.9 Å². The Hall–Kier alpha value is 0.310. The summed E-state index contributed by atoms with van der Waals surface area (Å²) in [6.45, 7) is 10.5. The Morgan fingerprint density at radius 3 is 2.83 bits per heavy atom. The Kier molecular flexibility index (Phi) is 10.2. The Bertz CT molecular complexity index is 359. The normalized spacial score (nSPS) is 29.2. The van der Waals surface area contributed by atoms with E-state index in [2.05, 4.69) is 46.1 Å². The smallest absolute Gasteiger partial charge is 0.191 e. The van der Waals surface area contributed by atoms with Crippen molar-refractivity contribution in [2.45, 2.75) is 50.7 Å². The van der Waals surface area contributed by atoms with Crippen LogP contribution in [-0.4, -0.2) is 61.1 Å². The van der Waals surface area contributed by atoms with Gasteiger partial charge < -0.3 is 15.5 Å². The SMILES string of the molecule is CN=C(NCCCN1CCCC(C)C1)NCC1(C)CCCS1.I. The molecule has 2 heterocycles. The van der Waals surface area contributed by atoms with Gasteiger partial charge in [0.1, 0.15) is 0 Å². The fourth-order valence-electron chi connectivity index (χ4n) is 3.47. The molecule has 4 nitrogen and oxygen atoms in total. The molecular weight excluding hydrogens is 419 g/mol. The van der Waals surface area contributed by atoms with Gasteiger partial charge in [0.2, 0.25) is 0 Å². The van der Waals surface area contributed by atoms with Gasteiger partial charge in [-0.2, -0.15) is 11.8 Å². The van der Waals surface area contributed by atoms with Crippen LogP contribution in [0.3, 0.4) is 0 Å². The number of hydrogen-bond acceptors (Lipinski definition) is 3. The summed E-state index contributed by atoms with van der Waals surface area (Å²) in [6.07, 6.45) is 6.63. The molecule has 0 radical (unpaired) electrons. The van der Waals surface area contributed by atoms with Gasteiger partial charge in [0.25, 0.3) is 0 Å². The van der Waals surface area contributed by atoms with E-state index in [0.29, 0.717) is 4.75 Å². The predicted octanol–water partition coefficient (Wildman–Crippen LogP) is 3.18. The van der Waals surface area contributed by atoms with Crippen LogP contribution in [-0.2, 0) is 0 Å². The van der Waals surface area contributed by atoms with E-state index in [1.165, 1.54) is 57.5 Å². The monoisotopic (exact) mass is 454 g/mol. The third kappa shape index (κ3) is 7.82. The second-order valence-electron chi connectivity index (χ2n) is 7.16. The van der Waals surface area contributed by atoms with Crippen LogP contribution in [0.4, 0.5) is 0 Å². The first-order valence-corrected chi connectivity index (χ1v) is 9.91. The van der Waals surface area contributed by atoms with Gasteiger partial charge in [0.15, 0.2) is 5.96 Å². The molecule has 0 aliphatic carbocycles. The lowest BCUT2D eigenvalue weighted by Gasteiger charge is -2.30. The maximum absolute atomic E-state index is 4.35. The number of rotatable bonds is 6. The molecule has 2 unspecified atom stereocenters. The number of halogens is 1. The minimum absolute atomic E-state index is 0. The minimum atomic E-state index is 0. The number of nitrogens with zero attached hydrogens (tertiary/aromatic N) is 2. The molecule has 0 spiro atoms. The van der Waals surface area contributed by atoms with E-state index in [4.69, 9.17) is 0 Å². The first-order chi connectivity index (χ1) is 10.6. The first-order valence-electron chi connectivity index (χ1n) is 8.92. The summed E-state index contributed by atoms with van der Waals surface area (Å²) in [5, 5.41) is 6.97. The van der Waals surface area contributed by atoms with Crippen LogP contribution >= 0.6 is 35.7 Å². The zero-order valence-electron chi connectivity index (χ0n) is 15.1. The highest BCUT2D eigenvalue weighted by atomic mass is 127. The lowest BCUT2D eigenvalue weighted by atomic mass is 10.0. The fraction of sp³-hybridized carbons (Fsp3) is 0.941. The maximum atomic E-state index is 4.35.